The molecule has 7 heteroatoms. The van der Waals surface area contributed by atoms with Gasteiger partial charge in [-0.15, -0.1) is 0 Å². The van der Waals surface area contributed by atoms with E-state index >= 15 is 0 Å². The minimum atomic E-state index is -0.494. The highest BCUT2D eigenvalue weighted by atomic mass is 32.1. The van der Waals surface area contributed by atoms with Crippen molar-refractivity contribution >= 4 is 40.0 Å². The summed E-state index contributed by atoms with van der Waals surface area (Å²) in [6.07, 6.45) is 0. The zero-order valence-corrected chi connectivity index (χ0v) is 17.1. The maximum Gasteiger partial charge on any atom is 0.257 e. The van der Waals surface area contributed by atoms with E-state index in [1.165, 1.54) is 23.8 Å². The Morgan fingerprint density at radius 3 is 2.63 bits per heavy atom. The molecule has 0 atom stereocenters. The predicted octanol–water partition coefficient (Wildman–Crippen LogP) is 5.38. The molecule has 2 N–H and O–H groups in total. The molecule has 0 unspecified atom stereocenters. The van der Waals surface area contributed by atoms with Crippen LogP contribution in [-0.2, 0) is 0 Å². The summed E-state index contributed by atoms with van der Waals surface area (Å²) in [5.41, 5.74) is 5.40. The molecule has 0 spiro atoms. The third-order valence-corrected chi connectivity index (χ3v) is 4.92. The first-order valence-corrected chi connectivity index (χ1v) is 9.66. The standard InChI is InChI=1S/C23H18FN3O2S/c1-13-6-7-16(10-14(13)2)22-26-19-12-18(8-9-20(19)29-22)25-23(30)27-21(28)15-4-3-5-17(24)11-15/h3-12H,1-2H3,(H2,25,27,28,30). The smallest absolute Gasteiger partial charge is 0.257 e. The molecule has 1 aromatic heterocycles. The molecule has 0 saturated carbocycles. The minimum Gasteiger partial charge on any atom is -0.436 e. The van der Waals surface area contributed by atoms with Gasteiger partial charge < -0.3 is 9.73 Å². The summed E-state index contributed by atoms with van der Waals surface area (Å²) in [5.74, 6) is -0.448. The van der Waals surface area contributed by atoms with E-state index in [0.29, 0.717) is 22.7 Å². The lowest BCUT2D eigenvalue weighted by atomic mass is 10.1. The van der Waals surface area contributed by atoms with Crippen molar-refractivity contribution in [3.8, 4) is 11.5 Å². The molecule has 30 heavy (non-hydrogen) atoms. The number of hydrogen-bond donors (Lipinski definition) is 2. The summed E-state index contributed by atoms with van der Waals surface area (Å²) in [7, 11) is 0. The Morgan fingerprint density at radius 2 is 1.87 bits per heavy atom. The molecule has 0 aliphatic heterocycles. The van der Waals surface area contributed by atoms with Crippen LogP contribution in [0.3, 0.4) is 0 Å². The number of thiocarbonyl (C=S) groups is 1. The molecule has 4 rings (SSSR count). The number of amides is 1. The van der Waals surface area contributed by atoms with Gasteiger partial charge in [-0.2, -0.15) is 0 Å². The number of rotatable bonds is 3. The van der Waals surface area contributed by atoms with Crippen LogP contribution in [0.1, 0.15) is 21.5 Å². The summed E-state index contributed by atoms with van der Waals surface area (Å²) in [6, 6.07) is 16.8. The first kappa shape index (κ1) is 19.7. The number of oxazole rings is 1. The van der Waals surface area contributed by atoms with Crippen LogP contribution in [-0.4, -0.2) is 16.0 Å². The Bertz CT molecular complexity index is 1280. The van der Waals surface area contributed by atoms with Gasteiger partial charge in [-0.05, 0) is 85.7 Å². The van der Waals surface area contributed by atoms with Gasteiger partial charge in [-0.3, -0.25) is 10.1 Å². The number of aryl methyl sites for hydroxylation is 2. The molecule has 5 nitrogen and oxygen atoms in total. The van der Waals surface area contributed by atoms with Gasteiger partial charge in [0, 0.05) is 16.8 Å². The van der Waals surface area contributed by atoms with Crippen molar-refractivity contribution in [3.63, 3.8) is 0 Å². The molecule has 0 radical (unpaired) electrons. The highest BCUT2D eigenvalue weighted by molar-refractivity contribution is 7.80. The summed E-state index contributed by atoms with van der Waals surface area (Å²) < 4.78 is 19.1. The molecular formula is C23H18FN3O2S. The SMILES string of the molecule is Cc1ccc(-c2nc3cc(NC(=S)NC(=O)c4cccc(F)c4)ccc3o2)cc1C. The molecule has 0 saturated heterocycles. The normalized spacial score (nSPS) is 10.8. The van der Waals surface area contributed by atoms with Gasteiger partial charge in [0.1, 0.15) is 11.3 Å². The van der Waals surface area contributed by atoms with Crippen LogP contribution in [0.15, 0.2) is 65.1 Å². The summed E-state index contributed by atoms with van der Waals surface area (Å²) in [5, 5.41) is 5.57. The topological polar surface area (TPSA) is 67.2 Å². The monoisotopic (exact) mass is 419 g/mol. The Labute approximate surface area is 177 Å². The zero-order chi connectivity index (χ0) is 21.3. The minimum absolute atomic E-state index is 0.0986. The van der Waals surface area contributed by atoms with Gasteiger partial charge in [-0.1, -0.05) is 12.1 Å². The number of anilines is 1. The second-order valence-electron chi connectivity index (χ2n) is 6.92. The van der Waals surface area contributed by atoms with Gasteiger partial charge in [-0.25, -0.2) is 9.37 Å². The summed E-state index contributed by atoms with van der Waals surface area (Å²) in [4.78, 5) is 16.7. The number of fused-ring (bicyclic) bond motifs is 1. The van der Waals surface area contributed by atoms with E-state index in [-0.39, 0.29) is 10.7 Å². The van der Waals surface area contributed by atoms with E-state index in [0.717, 1.165) is 17.2 Å². The molecular weight excluding hydrogens is 401 g/mol. The lowest BCUT2D eigenvalue weighted by molar-refractivity contribution is 0.0977. The fraction of sp³-hybridized carbons (Fsp3) is 0.0870. The van der Waals surface area contributed by atoms with Crippen molar-refractivity contribution in [2.75, 3.05) is 5.32 Å². The molecule has 3 aromatic carbocycles. The average molecular weight is 419 g/mol. The van der Waals surface area contributed by atoms with Crippen LogP contribution in [0.4, 0.5) is 10.1 Å². The quantitative estimate of drug-likeness (QED) is 0.437. The molecule has 0 aliphatic carbocycles. The number of benzene rings is 3. The third kappa shape index (κ3) is 4.21. The van der Waals surface area contributed by atoms with E-state index in [1.54, 1.807) is 18.2 Å². The molecule has 0 bridgehead atoms. The lowest BCUT2D eigenvalue weighted by Gasteiger charge is -2.09. The van der Waals surface area contributed by atoms with Crippen molar-refractivity contribution in [1.82, 2.24) is 10.3 Å². The van der Waals surface area contributed by atoms with Crippen LogP contribution in [0.2, 0.25) is 0 Å². The van der Waals surface area contributed by atoms with Crippen molar-refractivity contribution in [2.24, 2.45) is 0 Å². The number of carbonyl (C=O) groups is 1. The number of hydrogen-bond acceptors (Lipinski definition) is 4. The molecule has 150 valence electrons. The van der Waals surface area contributed by atoms with Crippen LogP contribution in [0.25, 0.3) is 22.6 Å². The first-order chi connectivity index (χ1) is 14.4. The maximum atomic E-state index is 13.3. The van der Waals surface area contributed by atoms with Crippen molar-refractivity contribution in [3.05, 3.63) is 83.2 Å². The molecule has 1 heterocycles. The second kappa shape index (κ2) is 8.04. The third-order valence-electron chi connectivity index (χ3n) is 4.71. The lowest BCUT2D eigenvalue weighted by Crippen LogP contribution is -2.34. The highest BCUT2D eigenvalue weighted by Gasteiger charge is 2.12. The fourth-order valence-corrected chi connectivity index (χ4v) is 3.18. The van der Waals surface area contributed by atoms with Gasteiger partial charge in [0.15, 0.2) is 10.7 Å². The van der Waals surface area contributed by atoms with Gasteiger partial charge in [0.2, 0.25) is 5.89 Å². The van der Waals surface area contributed by atoms with E-state index in [2.05, 4.69) is 22.5 Å². The van der Waals surface area contributed by atoms with Crippen molar-refractivity contribution in [2.45, 2.75) is 13.8 Å². The Balaban J connectivity index is 1.50. The molecule has 4 aromatic rings. The Kier molecular flexibility index (Phi) is 5.29. The Morgan fingerprint density at radius 1 is 1.03 bits per heavy atom. The van der Waals surface area contributed by atoms with Crippen LogP contribution in [0.5, 0.6) is 0 Å². The van der Waals surface area contributed by atoms with E-state index in [4.69, 9.17) is 16.6 Å². The predicted molar refractivity (Wildman–Crippen MR) is 119 cm³/mol. The Hall–Kier alpha value is -3.58. The fourth-order valence-electron chi connectivity index (χ4n) is 2.97. The largest absolute Gasteiger partial charge is 0.436 e. The maximum absolute atomic E-state index is 13.3. The molecule has 0 aliphatic rings. The van der Waals surface area contributed by atoms with E-state index in [1.807, 2.05) is 25.1 Å². The number of halogens is 1. The first-order valence-electron chi connectivity index (χ1n) is 9.25. The van der Waals surface area contributed by atoms with E-state index in [9.17, 15) is 9.18 Å². The summed E-state index contributed by atoms with van der Waals surface area (Å²) in [6.45, 7) is 4.10. The number of nitrogens with one attached hydrogen (secondary N) is 2. The van der Waals surface area contributed by atoms with E-state index < -0.39 is 11.7 Å². The van der Waals surface area contributed by atoms with Crippen LogP contribution in [0, 0.1) is 19.7 Å². The van der Waals surface area contributed by atoms with Crippen LogP contribution < -0.4 is 10.6 Å². The second-order valence-corrected chi connectivity index (χ2v) is 7.33. The zero-order valence-electron chi connectivity index (χ0n) is 16.3. The van der Waals surface area contributed by atoms with Gasteiger partial charge >= 0.3 is 0 Å². The number of carbonyl (C=O) groups excluding carboxylic acids is 1. The van der Waals surface area contributed by atoms with Crippen molar-refractivity contribution in [1.29, 1.82) is 0 Å². The van der Waals surface area contributed by atoms with Crippen LogP contribution >= 0.6 is 12.2 Å². The van der Waals surface area contributed by atoms with Crippen molar-refractivity contribution < 1.29 is 13.6 Å². The number of nitrogens with zero attached hydrogens (tertiary/aromatic N) is 1. The van der Waals surface area contributed by atoms with Gasteiger partial charge in [0.25, 0.3) is 5.91 Å². The average Bonchev–Trinajstić information content (AvgIpc) is 3.13. The van der Waals surface area contributed by atoms with Gasteiger partial charge in [0.05, 0.1) is 0 Å². The molecule has 0 fully saturated rings. The highest BCUT2D eigenvalue weighted by Crippen LogP contribution is 2.27. The summed E-state index contributed by atoms with van der Waals surface area (Å²) >= 11 is 5.20. The number of aromatic nitrogens is 1. The molecule has 1 amide bonds.